The first kappa shape index (κ1) is 27.1. The highest BCUT2D eigenvalue weighted by atomic mass is 35.5. The molecule has 32 heavy (non-hydrogen) atoms. The molecule has 180 valence electrons. The quantitative estimate of drug-likeness (QED) is 0.446. The lowest BCUT2D eigenvalue weighted by Gasteiger charge is -2.38. The third-order valence-electron chi connectivity index (χ3n) is 5.37. The van der Waals surface area contributed by atoms with Crippen molar-refractivity contribution in [3.05, 3.63) is 40.4 Å². The zero-order valence-electron chi connectivity index (χ0n) is 18.8. The van der Waals surface area contributed by atoms with Crippen molar-refractivity contribution in [2.45, 2.75) is 50.5 Å². The van der Waals surface area contributed by atoms with E-state index in [2.05, 4.69) is 11.3 Å². The van der Waals surface area contributed by atoms with Crippen LogP contribution in [-0.4, -0.2) is 57.2 Å². The predicted octanol–water partition coefficient (Wildman–Crippen LogP) is 3.21. The fourth-order valence-electron chi connectivity index (χ4n) is 3.53. The van der Waals surface area contributed by atoms with Crippen molar-refractivity contribution in [3.63, 3.8) is 0 Å². The number of aliphatic hydroxyl groups excluding tert-OH is 1. The number of rotatable bonds is 9. The number of hydrogen-bond acceptors (Lipinski definition) is 5. The smallest absolute Gasteiger partial charge is 0.252 e. The van der Waals surface area contributed by atoms with Gasteiger partial charge in [-0.2, -0.15) is 0 Å². The molecule has 1 saturated heterocycles. The first-order chi connectivity index (χ1) is 15.0. The van der Waals surface area contributed by atoms with E-state index in [1.165, 1.54) is 0 Å². The maximum Gasteiger partial charge on any atom is 0.252 e. The van der Waals surface area contributed by atoms with Crippen LogP contribution >= 0.6 is 23.2 Å². The van der Waals surface area contributed by atoms with Crippen LogP contribution in [0.2, 0.25) is 10.0 Å². The predicted molar refractivity (Wildman–Crippen MR) is 130 cm³/mol. The fraction of sp³-hybridized carbons (Fsp3) is 0.591. The number of nitrogens with one attached hydrogen (secondary N) is 1. The van der Waals surface area contributed by atoms with Crippen molar-refractivity contribution in [1.29, 1.82) is 0 Å². The van der Waals surface area contributed by atoms with Gasteiger partial charge >= 0.3 is 0 Å². The van der Waals surface area contributed by atoms with E-state index in [0.717, 1.165) is 5.56 Å². The molecule has 1 heterocycles. The van der Waals surface area contributed by atoms with Crippen LogP contribution in [0.4, 0.5) is 0 Å². The average Bonchev–Trinajstić information content (AvgIpc) is 2.76. The Morgan fingerprint density at radius 2 is 1.97 bits per heavy atom. The SMILES string of the molecule is C=CCOc1cc(Cl)c(Cl)cc1[C@H](NS(=O)C(C)(C)C)C1CCN(C(=O)C(O)CN)CC1. The summed E-state index contributed by atoms with van der Waals surface area (Å²) in [4.78, 5) is 13.9. The van der Waals surface area contributed by atoms with Crippen LogP contribution < -0.4 is 15.2 Å². The Kier molecular flexibility index (Phi) is 10.00. The van der Waals surface area contributed by atoms with Gasteiger partial charge in [0.2, 0.25) is 0 Å². The lowest BCUT2D eigenvalue weighted by atomic mass is 9.85. The number of carbonyl (C=O) groups is 1. The Labute approximate surface area is 202 Å². The number of piperidine rings is 1. The Balaban J connectivity index is 2.36. The largest absolute Gasteiger partial charge is 0.489 e. The van der Waals surface area contributed by atoms with Gasteiger partial charge in [-0.3, -0.25) is 4.79 Å². The molecule has 0 spiro atoms. The van der Waals surface area contributed by atoms with Gasteiger partial charge in [0.15, 0.2) is 0 Å². The third kappa shape index (κ3) is 6.92. The Bertz CT molecular complexity index is 839. The summed E-state index contributed by atoms with van der Waals surface area (Å²) >= 11 is 12.6. The summed E-state index contributed by atoms with van der Waals surface area (Å²) < 4.78 is 21.7. The van der Waals surface area contributed by atoms with Gasteiger partial charge < -0.3 is 20.5 Å². The van der Waals surface area contributed by atoms with Crippen LogP contribution in [0.1, 0.15) is 45.2 Å². The number of aliphatic hydroxyl groups is 1. The van der Waals surface area contributed by atoms with Gasteiger partial charge in [-0.05, 0) is 45.6 Å². The van der Waals surface area contributed by atoms with Crippen molar-refractivity contribution < 1.29 is 18.8 Å². The molecule has 1 aliphatic heterocycles. The van der Waals surface area contributed by atoms with Gasteiger partial charge in [0.1, 0.15) is 18.5 Å². The van der Waals surface area contributed by atoms with E-state index in [4.69, 9.17) is 33.7 Å². The van der Waals surface area contributed by atoms with Gasteiger partial charge in [0, 0.05) is 31.3 Å². The summed E-state index contributed by atoms with van der Waals surface area (Å²) in [5.74, 6) is 0.224. The molecule has 2 unspecified atom stereocenters. The van der Waals surface area contributed by atoms with E-state index >= 15 is 0 Å². The molecule has 7 nitrogen and oxygen atoms in total. The van der Waals surface area contributed by atoms with E-state index < -0.39 is 21.8 Å². The zero-order chi connectivity index (χ0) is 24.1. The van der Waals surface area contributed by atoms with Gasteiger partial charge in [-0.15, -0.1) is 0 Å². The average molecular weight is 506 g/mol. The van der Waals surface area contributed by atoms with Crippen LogP contribution in [0.15, 0.2) is 24.8 Å². The van der Waals surface area contributed by atoms with E-state index in [9.17, 15) is 14.1 Å². The highest BCUT2D eigenvalue weighted by Crippen LogP contribution is 2.40. The number of halogens is 2. The Morgan fingerprint density at radius 3 is 2.50 bits per heavy atom. The van der Waals surface area contributed by atoms with E-state index in [1.807, 2.05) is 20.8 Å². The summed E-state index contributed by atoms with van der Waals surface area (Å²) in [6, 6.07) is 3.06. The summed E-state index contributed by atoms with van der Waals surface area (Å²) in [5.41, 5.74) is 6.18. The summed E-state index contributed by atoms with van der Waals surface area (Å²) in [6.45, 7) is 10.5. The molecule has 1 fully saturated rings. The van der Waals surface area contributed by atoms with Crippen molar-refractivity contribution >= 4 is 40.1 Å². The highest BCUT2D eigenvalue weighted by molar-refractivity contribution is 7.84. The number of hydrogen-bond donors (Lipinski definition) is 3. The lowest BCUT2D eigenvalue weighted by Crippen LogP contribution is -2.48. The lowest BCUT2D eigenvalue weighted by molar-refractivity contribution is -0.141. The summed E-state index contributed by atoms with van der Waals surface area (Å²) in [6.07, 6.45) is 1.73. The molecular weight excluding hydrogens is 473 g/mol. The minimum Gasteiger partial charge on any atom is -0.489 e. The van der Waals surface area contributed by atoms with Crippen molar-refractivity contribution in [2.24, 2.45) is 11.7 Å². The van der Waals surface area contributed by atoms with Crippen molar-refractivity contribution in [2.75, 3.05) is 26.2 Å². The minimum atomic E-state index is -1.36. The number of amides is 1. The monoisotopic (exact) mass is 505 g/mol. The molecule has 4 N–H and O–H groups in total. The Hall–Kier alpha value is -1.16. The molecule has 1 aromatic rings. The zero-order valence-corrected chi connectivity index (χ0v) is 21.1. The van der Waals surface area contributed by atoms with Crippen LogP contribution in [0, 0.1) is 5.92 Å². The second-order valence-corrected chi connectivity index (χ2v) is 11.6. The van der Waals surface area contributed by atoms with Gasteiger partial charge in [-0.1, -0.05) is 35.9 Å². The molecule has 0 aromatic heterocycles. The van der Waals surface area contributed by atoms with Crippen molar-refractivity contribution in [1.82, 2.24) is 9.62 Å². The fourth-order valence-corrected chi connectivity index (χ4v) is 4.76. The molecule has 1 amide bonds. The number of nitrogens with zero attached hydrogens (tertiary/aromatic N) is 1. The molecule has 3 atom stereocenters. The van der Waals surface area contributed by atoms with Gasteiger partial charge in [0.05, 0.1) is 31.8 Å². The van der Waals surface area contributed by atoms with Crippen LogP contribution in [-0.2, 0) is 15.8 Å². The molecule has 10 heteroatoms. The van der Waals surface area contributed by atoms with E-state index in [1.54, 1.807) is 23.1 Å². The maximum atomic E-state index is 13.0. The van der Waals surface area contributed by atoms with Crippen molar-refractivity contribution in [3.8, 4) is 5.75 Å². The Morgan fingerprint density at radius 1 is 1.38 bits per heavy atom. The first-order valence-corrected chi connectivity index (χ1v) is 12.5. The van der Waals surface area contributed by atoms with Crippen LogP contribution in [0.25, 0.3) is 0 Å². The number of carbonyl (C=O) groups excluding carboxylic acids is 1. The number of ether oxygens (including phenoxy) is 1. The third-order valence-corrected chi connectivity index (χ3v) is 7.67. The standard InChI is InChI=1S/C22H33Cl2N3O4S/c1-5-10-31-19-12-17(24)16(23)11-15(19)20(26-32(30)22(2,3)4)14-6-8-27(9-7-14)21(29)18(28)13-25/h5,11-12,14,18,20,26,28H,1,6-10,13,25H2,2-4H3/t18?,20-,32?/m1/s1. The van der Waals surface area contributed by atoms with Gasteiger partial charge in [0.25, 0.3) is 5.91 Å². The number of likely N-dealkylation sites (tertiary alicyclic amines) is 1. The second-order valence-electron chi connectivity index (χ2n) is 8.79. The number of nitrogens with two attached hydrogens (primary N) is 1. The normalized spacial score (nSPS) is 18.2. The minimum absolute atomic E-state index is 0.0451. The molecule has 0 saturated carbocycles. The van der Waals surface area contributed by atoms with E-state index in [0.29, 0.717) is 41.7 Å². The molecule has 1 aromatic carbocycles. The molecule has 0 aliphatic carbocycles. The highest BCUT2D eigenvalue weighted by Gasteiger charge is 2.35. The van der Waals surface area contributed by atoms with Crippen LogP contribution in [0.5, 0.6) is 5.75 Å². The molecule has 2 rings (SSSR count). The molecule has 0 bridgehead atoms. The molecule has 0 radical (unpaired) electrons. The van der Waals surface area contributed by atoms with E-state index in [-0.39, 0.29) is 31.0 Å². The van der Waals surface area contributed by atoms with Gasteiger partial charge in [-0.25, -0.2) is 8.93 Å². The first-order valence-electron chi connectivity index (χ1n) is 10.6. The second kappa shape index (κ2) is 11.8. The van der Waals surface area contributed by atoms with Crippen LogP contribution in [0.3, 0.4) is 0 Å². The summed E-state index contributed by atoms with van der Waals surface area (Å²) in [7, 11) is -1.36. The number of benzene rings is 1. The summed E-state index contributed by atoms with van der Waals surface area (Å²) in [5, 5.41) is 10.5. The topological polar surface area (TPSA) is 105 Å². The maximum absolute atomic E-state index is 13.0. The molecule has 1 aliphatic rings. The molecular formula is C22H33Cl2N3O4S.